The van der Waals surface area contributed by atoms with Crippen molar-refractivity contribution in [2.75, 3.05) is 32.8 Å². The molecule has 0 N–H and O–H groups in total. The first-order chi connectivity index (χ1) is 11.1. The zero-order chi connectivity index (χ0) is 16.4. The van der Waals surface area contributed by atoms with Gasteiger partial charge in [0.05, 0.1) is 18.8 Å². The van der Waals surface area contributed by atoms with Crippen molar-refractivity contribution in [1.29, 1.82) is 0 Å². The van der Waals surface area contributed by atoms with Crippen LogP contribution in [0.25, 0.3) is 0 Å². The summed E-state index contributed by atoms with van der Waals surface area (Å²) < 4.78 is 32.2. The largest absolute Gasteiger partial charge is 0.371 e. The van der Waals surface area contributed by atoms with Gasteiger partial charge < -0.3 is 9.64 Å². The third kappa shape index (κ3) is 3.53. The van der Waals surface area contributed by atoms with Gasteiger partial charge in [0, 0.05) is 26.2 Å². The maximum absolute atomic E-state index is 13.4. The van der Waals surface area contributed by atoms with E-state index in [1.165, 1.54) is 6.07 Å². The molecular formula is C17H22F2N2O2. The van der Waals surface area contributed by atoms with Crippen LogP contribution in [0.4, 0.5) is 8.78 Å². The number of likely N-dealkylation sites (tertiary alicyclic amines) is 1. The van der Waals surface area contributed by atoms with E-state index in [-0.39, 0.29) is 18.1 Å². The second-order valence-corrected chi connectivity index (χ2v) is 6.24. The molecule has 126 valence electrons. The number of benzene rings is 1. The fraction of sp³-hybridized carbons (Fsp3) is 0.588. The molecule has 1 aromatic carbocycles. The lowest BCUT2D eigenvalue weighted by Gasteiger charge is -2.37. The number of hydrogen-bond acceptors (Lipinski definition) is 3. The second-order valence-electron chi connectivity index (χ2n) is 6.24. The van der Waals surface area contributed by atoms with Gasteiger partial charge in [-0.3, -0.25) is 9.69 Å². The molecule has 4 nitrogen and oxygen atoms in total. The summed E-state index contributed by atoms with van der Waals surface area (Å²) in [6.45, 7) is 5.22. The van der Waals surface area contributed by atoms with Crippen molar-refractivity contribution in [3.63, 3.8) is 0 Å². The van der Waals surface area contributed by atoms with Crippen LogP contribution >= 0.6 is 0 Å². The number of hydrogen-bond donors (Lipinski definition) is 0. The Labute approximate surface area is 135 Å². The Hall–Kier alpha value is -1.53. The van der Waals surface area contributed by atoms with Gasteiger partial charge in [-0.2, -0.15) is 0 Å². The van der Waals surface area contributed by atoms with E-state index in [2.05, 4.69) is 4.90 Å². The number of nitrogens with zero attached hydrogens (tertiary/aromatic N) is 2. The number of rotatable bonds is 3. The Morgan fingerprint density at radius 1 is 1.22 bits per heavy atom. The maximum Gasteiger partial charge on any atom is 0.239 e. The summed E-state index contributed by atoms with van der Waals surface area (Å²) in [6.07, 6.45) is 1.80. The van der Waals surface area contributed by atoms with Crippen molar-refractivity contribution < 1.29 is 18.3 Å². The molecule has 2 atom stereocenters. The number of morpholine rings is 1. The summed E-state index contributed by atoms with van der Waals surface area (Å²) >= 11 is 0. The second kappa shape index (κ2) is 6.93. The summed E-state index contributed by atoms with van der Waals surface area (Å²) in [4.78, 5) is 16.5. The van der Waals surface area contributed by atoms with E-state index in [0.29, 0.717) is 25.3 Å². The average molecular weight is 324 g/mol. The van der Waals surface area contributed by atoms with Crippen LogP contribution in [-0.2, 0) is 9.53 Å². The molecule has 1 amide bonds. The fourth-order valence-corrected chi connectivity index (χ4v) is 3.29. The molecule has 2 fully saturated rings. The Bertz CT molecular complexity index is 576. The molecule has 0 bridgehead atoms. The number of amides is 1. The molecule has 0 unspecified atom stereocenters. The van der Waals surface area contributed by atoms with Crippen LogP contribution in [0.2, 0.25) is 0 Å². The number of halogens is 2. The van der Waals surface area contributed by atoms with Gasteiger partial charge in [0.2, 0.25) is 5.91 Å². The van der Waals surface area contributed by atoms with E-state index in [4.69, 9.17) is 4.74 Å². The van der Waals surface area contributed by atoms with Crippen molar-refractivity contribution in [1.82, 2.24) is 9.80 Å². The lowest BCUT2D eigenvalue weighted by atomic mass is 10.1. The van der Waals surface area contributed by atoms with Crippen LogP contribution in [-0.4, -0.2) is 54.5 Å². The molecule has 2 aliphatic rings. The number of carbonyl (C=O) groups is 1. The Kier molecular flexibility index (Phi) is 4.92. The topological polar surface area (TPSA) is 32.8 Å². The third-order valence-electron chi connectivity index (χ3n) is 4.74. The summed E-state index contributed by atoms with van der Waals surface area (Å²) in [6, 6.07) is 3.62. The summed E-state index contributed by atoms with van der Waals surface area (Å²) in [5.41, 5.74) is 0.606. The van der Waals surface area contributed by atoms with E-state index in [0.717, 1.165) is 32.0 Å². The van der Waals surface area contributed by atoms with Crippen LogP contribution in [0, 0.1) is 11.6 Å². The van der Waals surface area contributed by atoms with Crippen molar-refractivity contribution >= 4 is 5.91 Å². The van der Waals surface area contributed by atoms with Crippen LogP contribution in [0.1, 0.15) is 31.4 Å². The number of carbonyl (C=O) groups excluding carboxylic acids is 1. The third-order valence-corrected chi connectivity index (χ3v) is 4.74. The minimum absolute atomic E-state index is 0.147. The maximum atomic E-state index is 13.4. The monoisotopic (exact) mass is 324 g/mol. The standard InChI is InChI=1S/C17H22F2N2O2/c1-12(17(22)20-6-2-3-7-20)21-8-9-23-16(11-21)13-4-5-14(18)15(19)10-13/h4-5,10,12,16H,2-3,6-9,11H2,1H3/t12-,16-/m0/s1. The van der Waals surface area contributed by atoms with Crippen molar-refractivity contribution in [2.24, 2.45) is 0 Å². The van der Waals surface area contributed by atoms with Crippen LogP contribution < -0.4 is 0 Å². The fourth-order valence-electron chi connectivity index (χ4n) is 3.29. The molecule has 2 saturated heterocycles. The smallest absolute Gasteiger partial charge is 0.239 e. The Balaban J connectivity index is 1.67. The first-order valence-corrected chi connectivity index (χ1v) is 8.15. The summed E-state index contributed by atoms with van der Waals surface area (Å²) in [5.74, 6) is -1.59. The van der Waals surface area contributed by atoms with Crippen LogP contribution in [0.5, 0.6) is 0 Å². The Morgan fingerprint density at radius 2 is 1.96 bits per heavy atom. The quantitative estimate of drug-likeness (QED) is 0.856. The lowest BCUT2D eigenvalue weighted by Crippen LogP contribution is -2.50. The highest BCUT2D eigenvalue weighted by molar-refractivity contribution is 5.81. The minimum Gasteiger partial charge on any atom is -0.371 e. The van der Waals surface area contributed by atoms with Gasteiger partial charge in [0.15, 0.2) is 11.6 Å². The molecule has 3 rings (SSSR count). The van der Waals surface area contributed by atoms with Gasteiger partial charge in [0.1, 0.15) is 0 Å². The van der Waals surface area contributed by atoms with Gasteiger partial charge in [-0.1, -0.05) is 6.07 Å². The summed E-state index contributed by atoms with van der Waals surface area (Å²) in [5, 5.41) is 0. The van der Waals surface area contributed by atoms with Gasteiger partial charge in [-0.15, -0.1) is 0 Å². The molecule has 0 aliphatic carbocycles. The van der Waals surface area contributed by atoms with Crippen LogP contribution in [0.3, 0.4) is 0 Å². The SMILES string of the molecule is C[C@@H](C(=O)N1CCCC1)N1CCO[C@H](c2ccc(F)c(F)c2)C1. The highest BCUT2D eigenvalue weighted by Crippen LogP contribution is 2.25. The minimum atomic E-state index is -0.871. The normalized spacial score (nSPS) is 24.0. The molecule has 1 aromatic rings. The molecule has 0 saturated carbocycles. The molecule has 23 heavy (non-hydrogen) atoms. The molecule has 0 aromatic heterocycles. The highest BCUT2D eigenvalue weighted by Gasteiger charge is 2.32. The van der Waals surface area contributed by atoms with E-state index < -0.39 is 11.6 Å². The van der Waals surface area contributed by atoms with Crippen LogP contribution in [0.15, 0.2) is 18.2 Å². The van der Waals surface area contributed by atoms with E-state index in [1.807, 2.05) is 11.8 Å². The van der Waals surface area contributed by atoms with Gasteiger partial charge >= 0.3 is 0 Å². The van der Waals surface area contributed by atoms with Gasteiger partial charge in [0.25, 0.3) is 0 Å². The summed E-state index contributed by atoms with van der Waals surface area (Å²) in [7, 11) is 0. The zero-order valence-corrected chi connectivity index (χ0v) is 13.3. The molecule has 0 radical (unpaired) electrons. The van der Waals surface area contributed by atoms with Gasteiger partial charge in [-0.25, -0.2) is 8.78 Å². The predicted molar refractivity (Wildman–Crippen MR) is 81.9 cm³/mol. The van der Waals surface area contributed by atoms with Crippen molar-refractivity contribution in [3.05, 3.63) is 35.4 Å². The average Bonchev–Trinajstić information content (AvgIpc) is 3.10. The van der Waals surface area contributed by atoms with E-state index >= 15 is 0 Å². The van der Waals surface area contributed by atoms with Crippen molar-refractivity contribution in [2.45, 2.75) is 31.9 Å². The van der Waals surface area contributed by atoms with E-state index in [1.54, 1.807) is 6.07 Å². The predicted octanol–water partition coefficient (Wildman–Crippen LogP) is 2.35. The van der Waals surface area contributed by atoms with Gasteiger partial charge in [-0.05, 0) is 37.5 Å². The highest BCUT2D eigenvalue weighted by atomic mass is 19.2. The molecule has 0 spiro atoms. The molecule has 2 heterocycles. The molecular weight excluding hydrogens is 302 g/mol. The Morgan fingerprint density at radius 3 is 2.65 bits per heavy atom. The number of ether oxygens (including phenoxy) is 1. The van der Waals surface area contributed by atoms with Crippen molar-refractivity contribution in [3.8, 4) is 0 Å². The first kappa shape index (κ1) is 16.3. The molecule has 2 aliphatic heterocycles. The van der Waals surface area contributed by atoms with E-state index in [9.17, 15) is 13.6 Å². The molecule has 6 heteroatoms. The lowest BCUT2D eigenvalue weighted by molar-refractivity contribution is -0.138. The first-order valence-electron chi connectivity index (χ1n) is 8.15. The zero-order valence-electron chi connectivity index (χ0n) is 13.3.